The average molecular weight is 281 g/mol. The molecular weight excluding hydrogens is 265 g/mol. The Kier molecular flexibility index (Phi) is 3.22. The molecule has 0 aliphatic rings. The van der Waals surface area contributed by atoms with E-state index in [1.807, 2.05) is 38.1 Å². The minimum Gasteiger partial charge on any atom is -0.398 e. The molecule has 1 aromatic heterocycles. The van der Waals surface area contributed by atoms with Gasteiger partial charge < -0.3 is 11.1 Å². The Bertz CT molecular complexity index is 807. The molecule has 21 heavy (non-hydrogen) atoms. The van der Waals surface area contributed by atoms with Crippen LogP contribution in [-0.2, 0) is 0 Å². The van der Waals surface area contributed by atoms with Crippen LogP contribution in [0.3, 0.4) is 0 Å². The van der Waals surface area contributed by atoms with Crippen LogP contribution in [0.4, 0.5) is 21.5 Å². The van der Waals surface area contributed by atoms with E-state index in [4.69, 9.17) is 5.73 Å². The van der Waals surface area contributed by atoms with E-state index in [0.717, 1.165) is 27.7 Å². The largest absolute Gasteiger partial charge is 0.398 e. The molecule has 0 saturated carbocycles. The van der Waals surface area contributed by atoms with Gasteiger partial charge in [0.1, 0.15) is 5.82 Å². The molecule has 0 radical (unpaired) electrons. The Morgan fingerprint density at radius 3 is 2.62 bits per heavy atom. The highest BCUT2D eigenvalue weighted by molar-refractivity contribution is 6.01. The van der Waals surface area contributed by atoms with Crippen LogP contribution >= 0.6 is 0 Å². The van der Waals surface area contributed by atoms with E-state index in [-0.39, 0.29) is 5.82 Å². The van der Waals surface area contributed by atoms with Crippen LogP contribution < -0.4 is 11.1 Å². The first-order chi connectivity index (χ1) is 10.0. The number of anilines is 3. The van der Waals surface area contributed by atoms with Crippen molar-refractivity contribution in [3.05, 3.63) is 59.7 Å². The topological polar surface area (TPSA) is 50.9 Å². The minimum atomic E-state index is -0.255. The Morgan fingerprint density at radius 1 is 1.05 bits per heavy atom. The van der Waals surface area contributed by atoms with Gasteiger partial charge in [0, 0.05) is 39.7 Å². The number of aromatic nitrogens is 1. The van der Waals surface area contributed by atoms with E-state index in [9.17, 15) is 4.39 Å². The van der Waals surface area contributed by atoms with Crippen molar-refractivity contribution in [3.8, 4) is 0 Å². The van der Waals surface area contributed by atoms with Crippen molar-refractivity contribution in [2.24, 2.45) is 0 Å². The van der Waals surface area contributed by atoms with Crippen LogP contribution in [0.1, 0.15) is 11.3 Å². The number of hydrogen-bond acceptors (Lipinski definition) is 3. The molecule has 106 valence electrons. The molecule has 0 amide bonds. The number of fused-ring (bicyclic) bond motifs is 1. The van der Waals surface area contributed by atoms with Gasteiger partial charge in [-0.3, -0.25) is 4.98 Å². The lowest BCUT2D eigenvalue weighted by atomic mass is 10.1. The number of nitrogens with one attached hydrogen (secondary N) is 1. The lowest BCUT2D eigenvalue weighted by molar-refractivity contribution is 0.627. The molecule has 3 N–H and O–H groups in total. The summed E-state index contributed by atoms with van der Waals surface area (Å²) < 4.78 is 13.5. The number of hydrogen-bond donors (Lipinski definition) is 2. The van der Waals surface area contributed by atoms with E-state index >= 15 is 0 Å². The first kappa shape index (κ1) is 13.4. The van der Waals surface area contributed by atoms with Crippen molar-refractivity contribution < 1.29 is 4.39 Å². The highest BCUT2D eigenvalue weighted by Gasteiger charge is 2.06. The molecule has 0 saturated heterocycles. The summed E-state index contributed by atoms with van der Waals surface area (Å²) in [6.45, 7) is 3.79. The number of pyridine rings is 1. The number of aryl methyl sites for hydroxylation is 2. The van der Waals surface area contributed by atoms with Gasteiger partial charge >= 0.3 is 0 Å². The van der Waals surface area contributed by atoms with Gasteiger partial charge in [0.05, 0.1) is 0 Å². The maximum absolute atomic E-state index is 13.5. The van der Waals surface area contributed by atoms with Gasteiger partial charge in [-0.2, -0.15) is 0 Å². The Balaban J connectivity index is 2.12. The van der Waals surface area contributed by atoms with E-state index in [1.165, 1.54) is 12.1 Å². The molecule has 0 aliphatic heterocycles. The van der Waals surface area contributed by atoms with Gasteiger partial charge in [-0.05, 0) is 55.8 Å². The van der Waals surface area contributed by atoms with E-state index in [2.05, 4.69) is 10.3 Å². The highest BCUT2D eigenvalue weighted by Crippen LogP contribution is 2.30. The van der Waals surface area contributed by atoms with E-state index in [0.29, 0.717) is 11.4 Å². The smallest absolute Gasteiger partial charge is 0.125 e. The van der Waals surface area contributed by atoms with E-state index in [1.54, 1.807) is 6.20 Å². The maximum Gasteiger partial charge on any atom is 0.125 e. The second kappa shape index (κ2) is 5.05. The summed E-state index contributed by atoms with van der Waals surface area (Å²) in [4.78, 5) is 4.28. The molecular formula is C17H16FN3. The third-order valence-electron chi connectivity index (χ3n) is 3.39. The third-order valence-corrected chi connectivity index (χ3v) is 3.39. The number of nitrogens with zero attached hydrogens (tertiary/aromatic N) is 1. The van der Waals surface area contributed by atoms with Crippen LogP contribution in [0, 0.1) is 19.7 Å². The Labute approximate surface area is 122 Å². The molecule has 4 heteroatoms. The predicted molar refractivity (Wildman–Crippen MR) is 85.3 cm³/mol. The van der Waals surface area contributed by atoms with Crippen molar-refractivity contribution in [2.45, 2.75) is 13.8 Å². The van der Waals surface area contributed by atoms with Crippen molar-refractivity contribution >= 4 is 27.8 Å². The molecule has 3 nitrogen and oxygen atoms in total. The second-order valence-corrected chi connectivity index (χ2v) is 5.22. The van der Waals surface area contributed by atoms with Gasteiger partial charge in [-0.1, -0.05) is 0 Å². The lowest BCUT2D eigenvalue weighted by Gasteiger charge is -2.12. The molecule has 0 spiro atoms. The Morgan fingerprint density at radius 2 is 1.86 bits per heavy atom. The number of nitrogens with two attached hydrogens (primary N) is 1. The normalized spacial score (nSPS) is 10.8. The highest BCUT2D eigenvalue weighted by atomic mass is 19.1. The summed E-state index contributed by atoms with van der Waals surface area (Å²) in [5.41, 5.74) is 10.0. The molecule has 2 aromatic carbocycles. The van der Waals surface area contributed by atoms with Crippen molar-refractivity contribution in [1.29, 1.82) is 0 Å². The number of rotatable bonds is 2. The molecule has 3 aromatic rings. The maximum atomic E-state index is 13.5. The number of halogens is 1. The summed E-state index contributed by atoms with van der Waals surface area (Å²) in [6.07, 6.45) is 1.77. The fourth-order valence-electron chi connectivity index (χ4n) is 2.44. The first-order valence-corrected chi connectivity index (χ1v) is 6.72. The van der Waals surface area contributed by atoms with Gasteiger partial charge in [0.2, 0.25) is 0 Å². The monoisotopic (exact) mass is 281 g/mol. The Hall–Kier alpha value is -2.62. The summed E-state index contributed by atoms with van der Waals surface area (Å²) in [6, 6.07) is 10.6. The predicted octanol–water partition coefficient (Wildman–Crippen LogP) is 4.32. The van der Waals surface area contributed by atoms with Crippen LogP contribution in [-0.4, -0.2) is 4.98 Å². The standard InChI is InChI=1S/C17H16FN3/c1-10-5-12(18)8-13(6-10)21-17-4-3-16(19)15-9-20-11(2)7-14(15)17/h3-9,21H,19H2,1-2H3. The van der Waals surface area contributed by atoms with Crippen LogP contribution in [0.15, 0.2) is 42.6 Å². The molecule has 1 heterocycles. The molecule has 0 fully saturated rings. The van der Waals surface area contributed by atoms with Crippen molar-refractivity contribution in [2.75, 3.05) is 11.1 Å². The van der Waals surface area contributed by atoms with Gasteiger partial charge in [0.15, 0.2) is 0 Å². The van der Waals surface area contributed by atoms with Crippen molar-refractivity contribution in [3.63, 3.8) is 0 Å². The fourth-order valence-corrected chi connectivity index (χ4v) is 2.44. The summed E-state index contributed by atoms with van der Waals surface area (Å²) >= 11 is 0. The SMILES string of the molecule is Cc1cc(F)cc(Nc2ccc(N)c3cnc(C)cc23)c1. The molecule has 3 rings (SSSR count). The fraction of sp³-hybridized carbons (Fsp3) is 0.118. The first-order valence-electron chi connectivity index (χ1n) is 6.72. The van der Waals surface area contributed by atoms with Crippen LogP contribution in [0.25, 0.3) is 10.8 Å². The number of nitrogen functional groups attached to an aromatic ring is 1. The lowest BCUT2D eigenvalue weighted by Crippen LogP contribution is -1.96. The van der Waals surface area contributed by atoms with Gasteiger partial charge in [-0.25, -0.2) is 4.39 Å². The molecule has 0 bridgehead atoms. The summed E-state index contributed by atoms with van der Waals surface area (Å²) in [5, 5.41) is 5.12. The quantitative estimate of drug-likeness (QED) is 0.688. The van der Waals surface area contributed by atoms with Crippen molar-refractivity contribution in [1.82, 2.24) is 4.98 Å². The minimum absolute atomic E-state index is 0.255. The van der Waals surface area contributed by atoms with Crippen LogP contribution in [0.2, 0.25) is 0 Å². The summed E-state index contributed by atoms with van der Waals surface area (Å²) in [7, 11) is 0. The average Bonchev–Trinajstić information content (AvgIpc) is 2.41. The van der Waals surface area contributed by atoms with E-state index < -0.39 is 0 Å². The van der Waals surface area contributed by atoms with Crippen LogP contribution in [0.5, 0.6) is 0 Å². The second-order valence-electron chi connectivity index (χ2n) is 5.22. The zero-order valence-electron chi connectivity index (χ0n) is 11.9. The third kappa shape index (κ3) is 2.65. The van der Waals surface area contributed by atoms with Gasteiger partial charge in [0.25, 0.3) is 0 Å². The zero-order valence-corrected chi connectivity index (χ0v) is 11.9. The zero-order chi connectivity index (χ0) is 15.0. The summed E-state index contributed by atoms with van der Waals surface area (Å²) in [5.74, 6) is -0.255. The molecule has 0 aliphatic carbocycles. The number of benzene rings is 2. The molecule has 0 atom stereocenters. The molecule has 0 unspecified atom stereocenters. The van der Waals surface area contributed by atoms with Gasteiger partial charge in [-0.15, -0.1) is 0 Å².